The zero-order valence-corrected chi connectivity index (χ0v) is 13.6. The van der Waals surface area contributed by atoms with Crippen molar-refractivity contribution >= 4 is 19.2 Å². The van der Waals surface area contributed by atoms with Gasteiger partial charge in [-0.3, -0.25) is 0 Å². The van der Waals surface area contributed by atoms with E-state index in [1.165, 1.54) is 18.2 Å². The molecule has 1 aliphatic heterocycles. The van der Waals surface area contributed by atoms with Crippen molar-refractivity contribution in [2.45, 2.75) is 38.9 Å². The summed E-state index contributed by atoms with van der Waals surface area (Å²) < 4.78 is 25.4. The molecule has 5 nitrogen and oxygen atoms in total. The monoisotopic (exact) mass is 322 g/mol. The van der Waals surface area contributed by atoms with E-state index in [4.69, 9.17) is 14.4 Å². The maximum Gasteiger partial charge on any atom is 0.492 e. The fourth-order valence-corrected chi connectivity index (χ4v) is 2.27. The topological polar surface area (TPSA) is 76.0 Å². The molecule has 0 spiro atoms. The number of halogens is 1. The molecular weight excluding hydrogens is 302 g/mol. The van der Waals surface area contributed by atoms with Crippen LogP contribution in [0.15, 0.2) is 23.7 Å². The Balaban J connectivity index is 2.42. The highest BCUT2D eigenvalue weighted by molar-refractivity contribution is 6.55. The number of carbonyl (C=O) groups is 1. The molecule has 7 heteroatoms. The molecule has 0 bridgehead atoms. The minimum absolute atomic E-state index is 0.149. The third-order valence-corrected chi connectivity index (χ3v) is 4.34. The van der Waals surface area contributed by atoms with E-state index in [-0.39, 0.29) is 5.56 Å². The van der Waals surface area contributed by atoms with Crippen LogP contribution in [-0.2, 0) is 9.31 Å². The minimum atomic E-state index is -1.37. The van der Waals surface area contributed by atoms with Gasteiger partial charge in [0.2, 0.25) is 0 Å². The van der Waals surface area contributed by atoms with Crippen LogP contribution < -0.4 is 0 Å². The lowest BCUT2D eigenvalue weighted by molar-refractivity contribution is 0.00578. The molecule has 1 aromatic rings. The fraction of sp³-hybridized carbons (Fsp3) is 0.438. The first-order valence-electron chi connectivity index (χ1n) is 7.28. The van der Waals surface area contributed by atoms with Gasteiger partial charge in [-0.05, 0) is 44.8 Å². The second-order valence-electron chi connectivity index (χ2n) is 6.47. The molecule has 0 unspecified atom stereocenters. The summed E-state index contributed by atoms with van der Waals surface area (Å²) in [5, 5.41) is 18.8. The molecule has 1 aliphatic rings. The van der Waals surface area contributed by atoms with Crippen molar-refractivity contribution in [3.05, 3.63) is 40.6 Å². The van der Waals surface area contributed by atoms with Gasteiger partial charge in [0, 0.05) is 0 Å². The van der Waals surface area contributed by atoms with Crippen LogP contribution in [0.5, 0.6) is 0 Å². The van der Waals surface area contributed by atoms with Crippen molar-refractivity contribution in [2.24, 2.45) is 0 Å². The number of aliphatic hydroxyl groups excluding tert-OH is 1. The van der Waals surface area contributed by atoms with E-state index in [0.717, 1.165) is 6.07 Å². The van der Waals surface area contributed by atoms with Crippen molar-refractivity contribution in [1.82, 2.24) is 0 Å². The molecule has 1 fully saturated rings. The molecule has 0 amide bonds. The molecule has 0 aliphatic carbocycles. The van der Waals surface area contributed by atoms with Gasteiger partial charge in [0.25, 0.3) is 0 Å². The summed E-state index contributed by atoms with van der Waals surface area (Å²) in [4.78, 5) is 11.2. The lowest BCUT2D eigenvalue weighted by Gasteiger charge is -2.32. The molecule has 1 saturated heterocycles. The molecule has 23 heavy (non-hydrogen) atoms. The Labute approximate surface area is 134 Å². The highest BCUT2D eigenvalue weighted by Crippen LogP contribution is 2.38. The molecule has 124 valence electrons. The van der Waals surface area contributed by atoms with Crippen molar-refractivity contribution in [3.63, 3.8) is 0 Å². The van der Waals surface area contributed by atoms with Gasteiger partial charge in [0.15, 0.2) is 0 Å². The quantitative estimate of drug-likeness (QED) is 0.833. The van der Waals surface area contributed by atoms with E-state index in [2.05, 4.69) is 0 Å². The third-order valence-electron chi connectivity index (χ3n) is 4.34. The number of hydrogen-bond donors (Lipinski definition) is 2. The van der Waals surface area contributed by atoms with Crippen LogP contribution in [0, 0.1) is 5.82 Å². The molecule has 0 atom stereocenters. The van der Waals surface area contributed by atoms with E-state index >= 15 is 0 Å². The summed E-state index contributed by atoms with van der Waals surface area (Å²) in [6.45, 7) is 7.08. The van der Waals surface area contributed by atoms with E-state index in [0.29, 0.717) is 5.47 Å². The fourth-order valence-electron chi connectivity index (χ4n) is 2.27. The van der Waals surface area contributed by atoms with E-state index in [1.54, 1.807) is 0 Å². The van der Waals surface area contributed by atoms with Crippen molar-refractivity contribution in [3.8, 4) is 0 Å². The highest BCUT2D eigenvalue weighted by atomic mass is 19.1. The van der Waals surface area contributed by atoms with Crippen molar-refractivity contribution in [2.75, 3.05) is 6.61 Å². The van der Waals surface area contributed by atoms with Gasteiger partial charge in [-0.1, -0.05) is 18.2 Å². The zero-order valence-electron chi connectivity index (χ0n) is 13.6. The number of benzene rings is 1. The standard InChI is InChI=1S/C16H20BFO5/c1-15(2)16(3,4)23-17(22-15)11(9-19)8-10-6-5-7-12(18)13(10)14(20)21/h5-8,19H,9H2,1-4H3,(H,20,21). The first-order chi connectivity index (χ1) is 10.6. The SMILES string of the molecule is CC1(C)OB(C(=Cc2cccc(F)c2C(=O)O)CO)OC1(C)C. The number of aromatic carboxylic acids is 1. The molecule has 1 aromatic carbocycles. The van der Waals surface area contributed by atoms with Crippen LogP contribution in [0.2, 0.25) is 0 Å². The highest BCUT2D eigenvalue weighted by Gasteiger charge is 2.52. The van der Waals surface area contributed by atoms with Gasteiger partial charge in [-0.2, -0.15) is 0 Å². The Kier molecular flexibility index (Phi) is 4.66. The predicted molar refractivity (Wildman–Crippen MR) is 84.5 cm³/mol. The Morgan fingerprint density at radius 2 is 1.83 bits per heavy atom. The molecule has 1 heterocycles. The van der Waals surface area contributed by atoms with E-state index in [1.807, 2.05) is 27.7 Å². The Bertz CT molecular complexity index is 638. The maximum atomic E-state index is 13.7. The largest absolute Gasteiger partial charge is 0.492 e. The lowest BCUT2D eigenvalue weighted by Crippen LogP contribution is -2.41. The summed E-state index contributed by atoms with van der Waals surface area (Å²) in [6.07, 6.45) is 1.40. The van der Waals surface area contributed by atoms with Crippen LogP contribution in [0.3, 0.4) is 0 Å². The molecular formula is C16H20BFO5. The number of carboxylic acid groups (broad SMARTS) is 1. The molecule has 0 radical (unpaired) electrons. The second-order valence-corrected chi connectivity index (χ2v) is 6.47. The Morgan fingerprint density at radius 3 is 2.30 bits per heavy atom. The number of aliphatic hydroxyl groups is 1. The summed E-state index contributed by atoms with van der Waals surface area (Å²) in [5.74, 6) is -2.21. The predicted octanol–water partition coefficient (Wildman–Crippen LogP) is 2.53. The van der Waals surface area contributed by atoms with Gasteiger partial charge in [-0.15, -0.1) is 0 Å². The second kappa shape index (κ2) is 6.07. The molecule has 0 aromatic heterocycles. The summed E-state index contributed by atoms with van der Waals surface area (Å²) in [6, 6.07) is 3.95. The minimum Gasteiger partial charge on any atom is -0.478 e. The lowest BCUT2D eigenvalue weighted by atomic mass is 9.77. The van der Waals surface area contributed by atoms with Crippen LogP contribution in [0.25, 0.3) is 6.08 Å². The first-order valence-corrected chi connectivity index (χ1v) is 7.28. The average molecular weight is 322 g/mol. The Morgan fingerprint density at radius 1 is 1.26 bits per heavy atom. The molecule has 2 N–H and O–H groups in total. The van der Waals surface area contributed by atoms with E-state index in [9.17, 15) is 14.3 Å². The zero-order chi connectivity index (χ0) is 17.4. The summed E-state index contributed by atoms with van der Waals surface area (Å²) in [5.41, 5.74) is -1.16. The number of rotatable bonds is 4. The number of hydrogen-bond acceptors (Lipinski definition) is 4. The van der Waals surface area contributed by atoms with Crippen LogP contribution >= 0.6 is 0 Å². The van der Waals surface area contributed by atoms with Gasteiger partial charge in [0.05, 0.1) is 17.8 Å². The van der Waals surface area contributed by atoms with Gasteiger partial charge in [-0.25, -0.2) is 9.18 Å². The normalized spacial score (nSPS) is 19.9. The van der Waals surface area contributed by atoms with Crippen LogP contribution in [0.4, 0.5) is 4.39 Å². The van der Waals surface area contributed by atoms with Gasteiger partial charge >= 0.3 is 13.1 Å². The van der Waals surface area contributed by atoms with Gasteiger partial charge in [0.1, 0.15) is 11.4 Å². The van der Waals surface area contributed by atoms with Crippen LogP contribution in [-0.4, -0.2) is 41.1 Å². The van der Waals surface area contributed by atoms with Crippen molar-refractivity contribution < 1.29 is 28.7 Å². The molecule has 2 rings (SSSR count). The maximum absolute atomic E-state index is 13.7. The molecule has 0 saturated carbocycles. The Hall–Kier alpha value is -1.70. The smallest absolute Gasteiger partial charge is 0.478 e. The summed E-state index contributed by atoms with van der Waals surface area (Å²) >= 11 is 0. The number of carboxylic acids is 1. The summed E-state index contributed by atoms with van der Waals surface area (Å²) in [7, 11) is -0.824. The van der Waals surface area contributed by atoms with Crippen molar-refractivity contribution in [1.29, 1.82) is 0 Å². The van der Waals surface area contributed by atoms with Gasteiger partial charge < -0.3 is 19.5 Å². The van der Waals surface area contributed by atoms with Crippen LogP contribution in [0.1, 0.15) is 43.6 Å². The third kappa shape index (κ3) is 3.31. The average Bonchev–Trinajstić information content (AvgIpc) is 2.64. The first kappa shape index (κ1) is 17.7. The van der Waals surface area contributed by atoms with E-state index < -0.39 is 42.3 Å².